The summed E-state index contributed by atoms with van der Waals surface area (Å²) in [6.07, 6.45) is 1.29. The minimum atomic E-state index is -1.14. The number of carboxylic acid groups (broad SMARTS) is 1. The second kappa shape index (κ2) is 11.0. The highest BCUT2D eigenvalue weighted by Gasteiger charge is 2.07. The van der Waals surface area contributed by atoms with E-state index in [1.165, 1.54) is 0 Å². The number of nitrogens with one attached hydrogen (secondary N) is 2. The molecular weight excluding hydrogens is 312 g/mol. The number of carboxylic acids is 1. The van der Waals surface area contributed by atoms with E-state index in [1.54, 1.807) is 24.3 Å². The summed E-state index contributed by atoms with van der Waals surface area (Å²) in [6.45, 7) is 3.13. The summed E-state index contributed by atoms with van der Waals surface area (Å²) >= 11 is 0. The molecule has 0 aliphatic rings. The van der Waals surface area contributed by atoms with E-state index >= 15 is 0 Å². The molecule has 1 aromatic rings. The highest BCUT2D eigenvalue weighted by molar-refractivity contribution is 5.94. The van der Waals surface area contributed by atoms with Crippen LogP contribution in [0.4, 0.5) is 0 Å². The lowest BCUT2D eigenvalue weighted by molar-refractivity contribution is -0.305. The second-order valence-electron chi connectivity index (χ2n) is 5.20. The first-order chi connectivity index (χ1) is 11.5. The summed E-state index contributed by atoms with van der Waals surface area (Å²) in [6, 6.07) is 6.80. The van der Waals surface area contributed by atoms with E-state index in [-0.39, 0.29) is 37.7 Å². The molecule has 0 heterocycles. The lowest BCUT2D eigenvalue weighted by Crippen LogP contribution is -2.31. The molecule has 0 atom stereocenters. The van der Waals surface area contributed by atoms with Crippen molar-refractivity contribution in [1.82, 2.24) is 10.6 Å². The molecule has 0 spiro atoms. The van der Waals surface area contributed by atoms with Gasteiger partial charge in [-0.1, -0.05) is 6.92 Å². The van der Waals surface area contributed by atoms with Crippen molar-refractivity contribution in [2.45, 2.75) is 32.6 Å². The van der Waals surface area contributed by atoms with Gasteiger partial charge in [-0.2, -0.15) is 0 Å². The minimum Gasteiger partial charge on any atom is -0.550 e. The number of carbonyl (C=O) groups excluding carboxylic acids is 3. The monoisotopic (exact) mass is 335 g/mol. The Hall–Kier alpha value is -2.57. The van der Waals surface area contributed by atoms with E-state index in [0.29, 0.717) is 24.3 Å². The van der Waals surface area contributed by atoms with E-state index < -0.39 is 5.97 Å². The fraction of sp³-hybridized carbons (Fsp3) is 0.471. The number of aliphatic carboxylic acids is 1. The molecule has 0 aliphatic heterocycles. The first-order valence-corrected chi connectivity index (χ1v) is 8.00. The van der Waals surface area contributed by atoms with Crippen LogP contribution in [-0.2, 0) is 9.59 Å². The molecule has 132 valence electrons. The van der Waals surface area contributed by atoms with Crippen molar-refractivity contribution in [1.29, 1.82) is 0 Å². The van der Waals surface area contributed by atoms with E-state index in [2.05, 4.69) is 10.6 Å². The number of hydrogen-bond acceptors (Lipinski definition) is 5. The Morgan fingerprint density at radius 3 is 2.38 bits per heavy atom. The van der Waals surface area contributed by atoms with Gasteiger partial charge in [0.1, 0.15) is 5.75 Å². The molecule has 2 N–H and O–H groups in total. The Labute approximate surface area is 141 Å². The molecule has 0 radical (unpaired) electrons. The summed E-state index contributed by atoms with van der Waals surface area (Å²) in [7, 11) is 0. The summed E-state index contributed by atoms with van der Waals surface area (Å²) in [5, 5.41) is 15.5. The first kappa shape index (κ1) is 19.5. The molecule has 7 nitrogen and oxygen atoms in total. The highest BCUT2D eigenvalue weighted by atomic mass is 16.5. The molecule has 0 saturated carbocycles. The quantitative estimate of drug-likeness (QED) is 0.563. The summed E-state index contributed by atoms with van der Waals surface area (Å²) < 4.78 is 5.44. The number of hydrogen-bond donors (Lipinski definition) is 2. The maximum atomic E-state index is 11.9. The predicted molar refractivity (Wildman–Crippen MR) is 86.4 cm³/mol. The number of ether oxygens (including phenoxy) is 1. The van der Waals surface area contributed by atoms with Gasteiger partial charge in [0.05, 0.1) is 6.61 Å². The smallest absolute Gasteiger partial charge is 0.251 e. The fourth-order valence-corrected chi connectivity index (χ4v) is 1.86. The van der Waals surface area contributed by atoms with Crippen LogP contribution in [0.1, 0.15) is 43.0 Å². The largest absolute Gasteiger partial charge is 0.550 e. The van der Waals surface area contributed by atoms with Crippen LogP contribution < -0.4 is 20.5 Å². The van der Waals surface area contributed by atoms with Crippen molar-refractivity contribution in [3.05, 3.63) is 29.8 Å². The van der Waals surface area contributed by atoms with Crippen LogP contribution in [-0.4, -0.2) is 37.5 Å². The van der Waals surface area contributed by atoms with Crippen LogP contribution in [0, 0.1) is 0 Å². The van der Waals surface area contributed by atoms with Gasteiger partial charge in [0.2, 0.25) is 5.91 Å². The molecular formula is C17H23N2O5-. The van der Waals surface area contributed by atoms with Gasteiger partial charge in [0.15, 0.2) is 0 Å². The van der Waals surface area contributed by atoms with E-state index in [0.717, 1.165) is 6.42 Å². The van der Waals surface area contributed by atoms with Crippen molar-refractivity contribution >= 4 is 17.8 Å². The fourth-order valence-electron chi connectivity index (χ4n) is 1.86. The lowest BCUT2D eigenvalue weighted by Gasteiger charge is -2.08. The standard InChI is InChI=1S/C17H24N2O5/c1-2-12-24-14-7-5-13(6-8-14)17(23)19-11-9-15(20)18-10-3-4-16(21)22/h5-8H,2-4,9-12H2,1H3,(H,18,20)(H,19,23)(H,21,22)/p-1. The zero-order valence-corrected chi connectivity index (χ0v) is 13.8. The molecule has 1 rings (SSSR count). The average Bonchev–Trinajstić information content (AvgIpc) is 2.57. The van der Waals surface area contributed by atoms with E-state index in [9.17, 15) is 19.5 Å². The van der Waals surface area contributed by atoms with Crippen molar-refractivity contribution in [3.63, 3.8) is 0 Å². The Morgan fingerprint density at radius 1 is 1.04 bits per heavy atom. The number of carbonyl (C=O) groups is 3. The van der Waals surface area contributed by atoms with Gasteiger partial charge in [0.25, 0.3) is 5.91 Å². The Kier molecular flexibility index (Phi) is 8.96. The lowest BCUT2D eigenvalue weighted by atomic mass is 10.2. The van der Waals surface area contributed by atoms with Gasteiger partial charge >= 0.3 is 0 Å². The molecule has 0 aliphatic carbocycles. The SMILES string of the molecule is CCCOc1ccc(C(=O)NCCC(=O)NCCCC(=O)[O-])cc1. The van der Waals surface area contributed by atoms with Crippen LogP contribution in [0.25, 0.3) is 0 Å². The van der Waals surface area contributed by atoms with E-state index in [4.69, 9.17) is 4.74 Å². The first-order valence-electron chi connectivity index (χ1n) is 8.00. The zero-order chi connectivity index (χ0) is 17.8. The Bertz CT molecular complexity index is 542. The molecule has 0 saturated heterocycles. The molecule has 24 heavy (non-hydrogen) atoms. The van der Waals surface area contributed by atoms with Gasteiger partial charge in [-0.3, -0.25) is 9.59 Å². The Balaban J connectivity index is 2.23. The molecule has 0 bridgehead atoms. The van der Waals surface area contributed by atoms with Gasteiger partial charge in [0, 0.05) is 31.0 Å². The van der Waals surface area contributed by atoms with Crippen molar-refractivity contribution in [2.75, 3.05) is 19.7 Å². The van der Waals surface area contributed by atoms with Gasteiger partial charge in [-0.25, -0.2) is 0 Å². The van der Waals surface area contributed by atoms with Crippen LogP contribution in [0.5, 0.6) is 5.75 Å². The number of amides is 2. The molecule has 1 aromatic carbocycles. The zero-order valence-electron chi connectivity index (χ0n) is 13.8. The second-order valence-corrected chi connectivity index (χ2v) is 5.20. The van der Waals surface area contributed by atoms with Crippen LogP contribution in [0.15, 0.2) is 24.3 Å². The Morgan fingerprint density at radius 2 is 1.75 bits per heavy atom. The van der Waals surface area contributed by atoms with Crippen LogP contribution >= 0.6 is 0 Å². The predicted octanol–water partition coefficient (Wildman–Crippen LogP) is 0.242. The summed E-state index contributed by atoms with van der Waals surface area (Å²) in [4.78, 5) is 33.7. The number of benzene rings is 1. The third kappa shape index (κ3) is 8.17. The molecule has 2 amide bonds. The minimum absolute atomic E-state index is 0.0883. The summed E-state index contributed by atoms with van der Waals surface area (Å²) in [5.41, 5.74) is 0.494. The normalized spacial score (nSPS) is 10.0. The van der Waals surface area contributed by atoms with Crippen molar-refractivity contribution in [2.24, 2.45) is 0 Å². The third-order valence-corrected chi connectivity index (χ3v) is 3.11. The van der Waals surface area contributed by atoms with Crippen molar-refractivity contribution < 1.29 is 24.2 Å². The summed E-state index contributed by atoms with van der Waals surface area (Å²) in [5.74, 6) is -0.925. The van der Waals surface area contributed by atoms with Gasteiger partial charge in [-0.15, -0.1) is 0 Å². The average molecular weight is 335 g/mol. The molecule has 7 heteroatoms. The maximum absolute atomic E-state index is 11.9. The van der Waals surface area contributed by atoms with Crippen LogP contribution in [0.2, 0.25) is 0 Å². The maximum Gasteiger partial charge on any atom is 0.251 e. The third-order valence-electron chi connectivity index (χ3n) is 3.11. The van der Waals surface area contributed by atoms with E-state index in [1.807, 2.05) is 6.92 Å². The topological polar surface area (TPSA) is 108 Å². The molecule has 0 unspecified atom stereocenters. The van der Waals surface area contributed by atoms with Crippen LogP contribution in [0.3, 0.4) is 0 Å². The molecule has 0 fully saturated rings. The van der Waals surface area contributed by atoms with Gasteiger partial charge < -0.3 is 25.3 Å². The number of rotatable bonds is 11. The highest BCUT2D eigenvalue weighted by Crippen LogP contribution is 2.12. The van der Waals surface area contributed by atoms with Crippen molar-refractivity contribution in [3.8, 4) is 5.75 Å². The molecule has 0 aromatic heterocycles. The van der Waals surface area contributed by atoms with Gasteiger partial charge in [-0.05, 0) is 43.5 Å².